The second kappa shape index (κ2) is 9.05. The number of hydrogen-bond donors (Lipinski definition) is 3. The third-order valence-corrected chi connectivity index (χ3v) is 8.74. The Bertz CT molecular complexity index is 1250. The van der Waals surface area contributed by atoms with Crippen LogP contribution in [0.5, 0.6) is 11.5 Å². The molecule has 1 aliphatic heterocycles. The van der Waals surface area contributed by atoms with E-state index in [9.17, 15) is 8.42 Å². The summed E-state index contributed by atoms with van der Waals surface area (Å²) >= 11 is 1.26. The molecule has 1 aliphatic carbocycles. The van der Waals surface area contributed by atoms with Gasteiger partial charge in [0.05, 0.1) is 0 Å². The number of carboxylic acid groups (broad SMARTS) is 2. The molecule has 2 aromatic carbocycles. The quantitative estimate of drug-likeness (QED) is 0.485. The van der Waals surface area contributed by atoms with E-state index in [1.807, 2.05) is 42.5 Å². The fraction of sp³-hybridized carbons (Fsp3) is 0.261. The van der Waals surface area contributed by atoms with Gasteiger partial charge in [-0.1, -0.05) is 37.3 Å². The van der Waals surface area contributed by atoms with E-state index >= 15 is 0 Å². The summed E-state index contributed by atoms with van der Waals surface area (Å²) in [6.07, 6.45) is -1.03. The largest absolute Gasteiger partial charge is 0.503 e. The van der Waals surface area contributed by atoms with E-state index in [4.69, 9.17) is 24.5 Å². The van der Waals surface area contributed by atoms with Crippen LogP contribution in [-0.4, -0.2) is 44.0 Å². The molecule has 5 rings (SSSR count). The lowest BCUT2D eigenvalue weighted by Crippen LogP contribution is -2.29. The molecule has 2 heterocycles. The summed E-state index contributed by atoms with van der Waals surface area (Å²) in [5, 5.41) is 13.9. The molecule has 0 bridgehead atoms. The Morgan fingerprint density at radius 1 is 1.03 bits per heavy atom. The monoisotopic (exact) mass is 489 g/mol. The van der Waals surface area contributed by atoms with Crippen molar-refractivity contribution >= 4 is 27.5 Å². The Balaban J connectivity index is 0.000000601. The molecular weight excluding hydrogens is 466 g/mol. The van der Waals surface area contributed by atoms with Crippen LogP contribution in [-0.2, 0) is 15.4 Å². The number of hydrogen-bond acceptors (Lipinski definition) is 6. The molecule has 174 valence electrons. The molecule has 1 fully saturated rings. The van der Waals surface area contributed by atoms with E-state index in [2.05, 4.69) is 23.8 Å². The normalized spacial score (nSPS) is 20.9. The molecule has 1 saturated carbocycles. The number of carbonyl (C=O) groups is 1. The smallest absolute Gasteiger partial charge is 0.486 e. The van der Waals surface area contributed by atoms with E-state index in [0.717, 1.165) is 28.2 Å². The van der Waals surface area contributed by atoms with Crippen LogP contribution in [0.2, 0.25) is 0 Å². The molecule has 0 spiro atoms. The highest BCUT2D eigenvalue weighted by atomic mass is 32.2. The SMILES string of the molecule is C[C@]1(c2ccccc2)C[C@@H]1NS(=O)(=O)c1ccc(-c2ccc3c(c2)OCCO3)s1.O=C(O)O. The van der Waals surface area contributed by atoms with Crippen LogP contribution in [0.1, 0.15) is 18.9 Å². The van der Waals surface area contributed by atoms with Crippen molar-refractivity contribution in [1.29, 1.82) is 0 Å². The topological polar surface area (TPSA) is 122 Å². The molecule has 2 aliphatic rings. The molecule has 0 saturated heterocycles. The van der Waals surface area contributed by atoms with Crippen LogP contribution in [0.4, 0.5) is 4.79 Å². The van der Waals surface area contributed by atoms with Gasteiger partial charge in [-0.15, -0.1) is 11.3 Å². The van der Waals surface area contributed by atoms with Crippen LogP contribution >= 0.6 is 11.3 Å². The van der Waals surface area contributed by atoms with Crippen LogP contribution in [0.15, 0.2) is 64.9 Å². The van der Waals surface area contributed by atoms with Gasteiger partial charge < -0.3 is 19.7 Å². The number of thiophene rings is 1. The third-order valence-electron chi connectivity index (χ3n) is 5.64. The van der Waals surface area contributed by atoms with Crippen LogP contribution < -0.4 is 14.2 Å². The maximum Gasteiger partial charge on any atom is 0.503 e. The molecular formula is C23H23NO7S2. The Morgan fingerprint density at radius 2 is 1.70 bits per heavy atom. The molecule has 0 amide bonds. The zero-order valence-corrected chi connectivity index (χ0v) is 19.4. The number of benzene rings is 2. The van der Waals surface area contributed by atoms with E-state index in [1.54, 1.807) is 6.07 Å². The maximum absolute atomic E-state index is 12.9. The van der Waals surface area contributed by atoms with Crippen molar-refractivity contribution in [1.82, 2.24) is 4.72 Å². The van der Waals surface area contributed by atoms with E-state index in [-0.39, 0.29) is 11.5 Å². The summed E-state index contributed by atoms with van der Waals surface area (Å²) < 4.78 is 40.3. The molecule has 8 nitrogen and oxygen atoms in total. The molecule has 2 atom stereocenters. The highest BCUT2D eigenvalue weighted by Crippen LogP contribution is 2.48. The summed E-state index contributed by atoms with van der Waals surface area (Å²) in [4.78, 5) is 9.43. The van der Waals surface area contributed by atoms with E-state index in [0.29, 0.717) is 23.2 Å². The fourth-order valence-electron chi connectivity index (χ4n) is 3.74. The highest BCUT2D eigenvalue weighted by molar-refractivity contribution is 7.91. The van der Waals surface area contributed by atoms with Crippen LogP contribution in [0, 0.1) is 0 Å². The molecule has 10 heteroatoms. The Labute approximate surface area is 195 Å². The van der Waals surface area contributed by atoms with Crippen molar-refractivity contribution in [2.75, 3.05) is 13.2 Å². The minimum absolute atomic E-state index is 0.0882. The number of ether oxygens (including phenoxy) is 2. The lowest BCUT2D eigenvalue weighted by Gasteiger charge is -2.18. The number of sulfonamides is 1. The molecule has 3 N–H and O–H groups in total. The van der Waals surface area contributed by atoms with Gasteiger partial charge in [0.15, 0.2) is 11.5 Å². The molecule has 33 heavy (non-hydrogen) atoms. The van der Waals surface area contributed by atoms with E-state index in [1.165, 1.54) is 11.3 Å². The van der Waals surface area contributed by atoms with Gasteiger partial charge in [-0.05, 0) is 47.9 Å². The number of fused-ring (bicyclic) bond motifs is 1. The first kappa shape index (κ1) is 23.1. The van der Waals surface area contributed by atoms with Crippen molar-refractivity contribution in [3.05, 3.63) is 66.2 Å². The average molecular weight is 490 g/mol. The van der Waals surface area contributed by atoms with Gasteiger partial charge in [-0.25, -0.2) is 17.9 Å². The summed E-state index contributed by atoms with van der Waals surface area (Å²) in [5.41, 5.74) is 1.93. The summed E-state index contributed by atoms with van der Waals surface area (Å²) in [6.45, 7) is 3.17. The van der Waals surface area contributed by atoms with Crippen molar-refractivity contribution < 1.29 is 32.9 Å². The minimum atomic E-state index is -3.57. The van der Waals surface area contributed by atoms with Gasteiger partial charge in [0.2, 0.25) is 10.0 Å². The van der Waals surface area contributed by atoms with Crippen molar-refractivity contribution in [3.8, 4) is 21.9 Å². The Kier molecular flexibility index (Phi) is 6.33. The summed E-state index contributed by atoms with van der Waals surface area (Å²) in [7, 11) is -3.57. The minimum Gasteiger partial charge on any atom is -0.486 e. The third kappa shape index (κ3) is 5.13. The van der Waals surface area contributed by atoms with Crippen molar-refractivity contribution in [2.24, 2.45) is 0 Å². The van der Waals surface area contributed by atoms with Crippen LogP contribution in [0.25, 0.3) is 10.4 Å². The number of nitrogens with one attached hydrogen (secondary N) is 1. The Hall–Kier alpha value is -3.08. The Morgan fingerprint density at radius 3 is 2.39 bits per heavy atom. The molecule has 0 radical (unpaired) electrons. The van der Waals surface area contributed by atoms with Gasteiger partial charge in [0, 0.05) is 16.3 Å². The lowest BCUT2D eigenvalue weighted by molar-refractivity contribution is 0.137. The van der Waals surface area contributed by atoms with E-state index < -0.39 is 16.2 Å². The first-order valence-electron chi connectivity index (χ1n) is 10.2. The first-order chi connectivity index (χ1) is 15.7. The molecule has 0 unspecified atom stereocenters. The zero-order chi connectivity index (χ0) is 23.6. The average Bonchev–Trinajstić information content (AvgIpc) is 3.20. The lowest BCUT2D eigenvalue weighted by atomic mass is 9.98. The van der Waals surface area contributed by atoms with Gasteiger partial charge in [0.25, 0.3) is 0 Å². The van der Waals surface area contributed by atoms with Gasteiger partial charge in [-0.3, -0.25) is 0 Å². The second-order valence-corrected chi connectivity index (χ2v) is 10.9. The summed E-state index contributed by atoms with van der Waals surface area (Å²) in [6, 6.07) is 19.2. The van der Waals surface area contributed by atoms with Crippen molar-refractivity contribution in [3.63, 3.8) is 0 Å². The van der Waals surface area contributed by atoms with Crippen LogP contribution in [0.3, 0.4) is 0 Å². The number of rotatable bonds is 5. The first-order valence-corrected chi connectivity index (χ1v) is 12.5. The highest BCUT2D eigenvalue weighted by Gasteiger charge is 2.53. The van der Waals surface area contributed by atoms with Gasteiger partial charge >= 0.3 is 6.16 Å². The zero-order valence-electron chi connectivity index (χ0n) is 17.7. The summed E-state index contributed by atoms with van der Waals surface area (Å²) in [5.74, 6) is 1.42. The standard InChI is InChI=1S/C22H21NO4S2.CH2O3/c1-22(16-5-3-2-4-6-16)14-20(22)23-29(24,25)21-10-9-19(28-21)15-7-8-17-18(13-15)27-12-11-26-17;2-1(3)4/h2-10,13,20,23H,11-12,14H2,1H3;(H2,2,3,4)/t20-,22+;/m0./s1. The fourth-order valence-corrected chi connectivity index (χ4v) is 6.40. The maximum atomic E-state index is 12.9. The second-order valence-electron chi connectivity index (χ2n) is 7.92. The molecule has 1 aromatic heterocycles. The molecule has 3 aromatic rings. The van der Waals surface area contributed by atoms with Crippen molar-refractivity contribution in [2.45, 2.75) is 29.0 Å². The predicted octanol–water partition coefficient (Wildman–Crippen LogP) is 4.42. The predicted molar refractivity (Wildman–Crippen MR) is 124 cm³/mol. The van der Waals surface area contributed by atoms with Gasteiger partial charge in [-0.2, -0.15) is 0 Å². The van der Waals surface area contributed by atoms with Gasteiger partial charge in [0.1, 0.15) is 17.4 Å².